The van der Waals surface area contributed by atoms with E-state index in [2.05, 4.69) is 9.97 Å². The lowest BCUT2D eigenvalue weighted by atomic mass is 10.0. The number of hydrogen-bond donors (Lipinski definition) is 0. The van der Waals surface area contributed by atoms with Crippen LogP contribution in [-0.4, -0.2) is 15.8 Å². The number of para-hydroxylation sites is 1. The number of aryl methyl sites for hydroxylation is 1. The normalized spacial score (nSPS) is 10.7. The van der Waals surface area contributed by atoms with Gasteiger partial charge in [0.1, 0.15) is 0 Å². The van der Waals surface area contributed by atoms with Gasteiger partial charge in [-0.2, -0.15) is 0 Å². The van der Waals surface area contributed by atoms with Crippen molar-refractivity contribution in [2.75, 3.05) is 0 Å². The van der Waals surface area contributed by atoms with Crippen LogP contribution in [0.4, 0.5) is 0 Å². The van der Waals surface area contributed by atoms with Gasteiger partial charge in [-0.05, 0) is 31.2 Å². The van der Waals surface area contributed by atoms with Crippen LogP contribution in [0.2, 0.25) is 0 Å². The fourth-order valence-corrected chi connectivity index (χ4v) is 2.30. The number of Topliss-reactive ketones (excluding diaryl/α,β-unsaturated/α-hetero) is 1. The van der Waals surface area contributed by atoms with Gasteiger partial charge >= 0.3 is 0 Å². The third-order valence-electron chi connectivity index (χ3n) is 3.24. The number of carbonyl (C=O) groups is 1. The van der Waals surface area contributed by atoms with Crippen molar-refractivity contribution in [3.8, 4) is 0 Å². The Hall–Kier alpha value is -2.55. The number of nitrogens with zero attached hydrogens (tertiary/aromatic N) is 2. The van der Waals surface area contributed by atoms with Crippen molar-refractivity contribution in [3.05, 3.63) is 71.7 Å². The fraction of sp³-hybridized carbons (Fsp3) is 0.118. The van der Waals surface area contributed by atoms with E-state index in [1.165, 1.54) is 0 Å². The molecule has 0 atom stereocenters. The number of aromatic nitrogens is 2. The van der Waals surface area contributed by atoms with E-state index in [0.717, 1.165) is 22.3 Å². The number of carbonyl (C=O) groups excluding carboxylic acids is 1. The van der Waals surface area contributed by atoms with Crippen molar-refractivity contribution in [1.29, 1.82) is 0 Å². The standard InChI is InChI=1S/C17H14N2O/c1-12-5-4-6-13(19-12)11-17(20)15-9-10-18-16-8-3-2-7-14(15)16/h2-10H,11H2,1H3. The first-order valence-electron chi connectivity index (χ1n) is 6.53. The van der Waals surface area contributed by atoms with Crippen LogP contribution in [-0.2, 0) is 6.42 Å². The minimum atomic E-state index is 0.0710. The monoisotopic (exact) mass is 262 g/mol. The molecule has 0 amide bonds. The van der Waals surface area contributed by atoms with Crippen LogP contribution < -0.4 is 0 Å². The van der Waals surface area contributed by atoms with Crippen LogP contribution in [0.5, 0.6) is 0 Å². The smallest absolute Gasteiger partial charge is 0.169 e. The Bertz CT molecular complexity index is 775. The molecule has 3 heteroatoms. The second-order valence-electron chi connectivity index (χ2n) is 4.75. The Morgan fingerprint density at radius 3 is 2.75 bits per heavy atom. The predicted octanol–water partition coefficient (Wildman–Crippen LogP) is 3.36. The quantitative estimate of drug-likeness (QED) is 0.680. The summed E-state index contributed by atoms with van der Waals surface area (Å²) in [5.74, 6) is 0.0710. The zero-order valence-electron chi connectivity index (χ0n) is 11.2. The molecule has 0 unspecified atom stereocenters. The van der Waals surface area contributed by atoms with E-state index >= 15 is 0 Å². The van der Waals surface area contributed by atoms with E-state index in [1.54, 1.807) is 12.3 Å². The van der Waals surface area contributed by atoms with Gasteiger partial charge in [-0.25, -0.2) is 0 Å². The molecule has 0 saturated heterocycles. The molecule has 0 aliphatic heterocycles. The molecule has 98 valence electrons. The zero-order valence-corrected chi connectivity index (χ0v) is 11.2. The summed E-state index contributed by atoms with van der Waals surface area (Å²) >= 11 is 0. The summed E-state index contributed by atoms with van der Waals surface area (Å²) in [7, 11) is 0. The predicted molar refractivity (Wildman–Crippen MR) is 78.8 cm³/mol. The third kappa shape index (κ3) is 2.43. The Balaban J connectivity index is 1.97. The first kappa shape index (κ1) is 12.5. The van der Waals surface area contributed by atoms with Crippen molar-refractivity contribution >= 4 is 16.7 Å². The molecule has 3 rings (SSSR count). The molecule has 0 saturated carbocycles. The Kier molecular flexibility index (Phi) is 3.25. The average Bonchev–Trinajstić information content (AvgIpc) is 2.46. The first-order valence-corrected chi connectivity index (χ1v) is 6.53. The van der Waals surface area contributed by atoms with E-state index in [-0.39, 0.29) is 5.78 Å². The highest BCUT2D eigenvalue weighted by Crippen LogP contribution is 2.18. The topological polar surface area (TPSA) is 42.9 Å². The molecule has 20 heavy (non-hydrogen) atoms. The van der Waals surface area contributed by atoms with Crippen LogP contribution in [0, 0.1) is 6.92 Å². The van der Waals surface area contributed by atoms with Crippen LogP contribution >= 0.6 is 0 Å². The SMILES string of the molecule is Cc1cccc(CC(=O)c2ccnc3ccccc23)n1. The van der Waals surface area contributed by atoms with Crippen LogP contribution in [0.1, 0.15) is 21.7 Å². The van der Waals surface area contributed by atoms with Gasteiger partial charge in [0.15, 0.2) is 5.78 Å². The maximum absolute atomic E-state index is 12.5. The van der Waals surface area contributed by atoms with Gasteiger partial charge in [0.25, 0.3) is 0 Å². The highest BCUT2D eigenvalue weighted by Gasteiger charge is 2.11. The number of fused-ring (bicyclic) bond motifs is 1. The molecule has 0 fully saturated rings. The molecule has 3 nitrogen and oxygen atoms in total. The largest absolute Gasteiger partial charge is 0.294 e. The maximum Gasteiger partial charge on any atom is 0.169 e. The number of pyridine rings is 2. The summed E-state index contributed by atoms with van der Waals surface area (Å²) in [4.78, 5) is 21.1. The zero-order chi connectivity index (χ0) is 13.9. The lowest BCUT2D eigenvalue weighted by molar-refractivity contribution is 0.0993. The number of ketones is 1. The second-order valence-corrected chi connectivity index (χ2v) is 4.75. The molecule has 0 bridgehead atoms. The lowest BCUT2D eigenvalue weighted by Crippen LogP contribution is -2.06. The molecule has 0 aliphatic rings. The summed E-state index contributed by atoms with van der Waals surface area (Å²) in [6, 6.07) is 15.2. The molecule has 0 spiro atoms. The molecule has 0 aliphatic carbocycles. The molecule has 3 aromatic rings. The highest BCUT2D eigenvalue weighted by molar-refractivity contribution is 6.07. The van der Waals surface area contributed by atoms with E-state index in [9.17, 15) is 4.79 Å². The second kappa shape index (κ2) is 5.21. The van der Waals surface area contributed by atoms with Crippen molar-refractivity contribution in [1.82, 2.24) is 9.97 Å². The molecule has 0 N–H and O–H groups in total. The van der Waals surface area contributed by atoms with Crippen molar-refractivity contribution < 1.29 is 4.79 Å². The first-order chi connectivity index (χ1) is 9.74. The Morgan fingerprint density at radius 1 is 1.05 bits per heavy atom. The Morgan fingerprint density at radius 2 is 1.90 bits per heavy atom. The van der Waals surface area contributed by atoms with E-state index in [1.807, 2.05) is 49.4 Å². The fourth-order valence-electron chi connectivity index (χ4n) is 2.30. The van der Waals surface area contributed by atoms with Crippen molar-refractivity contribution in [2.24, 2.45) is 0 Å². The van der Waals surface area contributed by atoms with Crippen LogP contribution in [0.15, 0.2) is 54.7 Å². The maximum atomic E-state index is 12.5. The Labute approximate surface area is 117 Å². The minimum Gasteiger partial charge on any atom is -0.294 e. The molecule has 0 radical (unpaired) electrons. The number of benzene rings is 1. The van der Waals surface area contributed by atoms with Gasteiger partial charge in [0.2, 0.25) is 0 Å². The minimum absolute atomic E-state index is 0.0710. The number of rotatable bonds is 3. The molecule has 1 aromatic carbocycles. The van der Waals surface area contributed by atoms with E-state index in [4.69, 9.17) is 0 Å². The van der Waals surface area contributed by atoms with Gasteiger partial charge < -0.3 is 0 Å². The van der Waals surface area contributed by atoms with Crippen molar-refractivity contribution in [3.63, 3.8) is 0 Å². The van der Waals surface area contributed by atoms with Gasteiger partial charge in [0.05, 0.1) is 11.9 Å². The van der Waals surface area contributed by atoms with Crippen molar-refractivity contribution in [2.45, 2.75) is 13.3 Å². The molecular weight excluding hydrogens is 248 g/mol. The third-order valence-corrected chi connectivity index (χ3v) is 3.24. The van der Waals surface area contributed by atoms with E-state index < -0.39 is 0 Å². The average molecular weight is 262 g/mol. The van der Waals surface area contributed by atoms with Gasteiger partial charge in [-0.15, -0.1) is 0 Å². The van der Waals surface area contributed by atoms with E-state index in [0.29, 0.717) is 12.0 Å². The van der Waals surface area contributed by atoms with Gasteiger partial charge in [0, 0.05) is 28.5 Å². The summed E-state index contributed by atoms with van der Waals surface area (Å²) in [6.07, 6.45) is 1.99. The molecule has 2 heterocycles. The summed E-state index contributed by atoms with van der Waals surface area (Å²) < 4.78 is 0. The summed E-state index contributed by atoms with van der Waals surface area (Å²) in [5, 5.41) is 0.896. The van der Waals surface area contributed by atoms with Crippen LogP contribution in [0.25, 0.3) is 10.9 Å². The number of hydrogen-bond acceptors (Lipinski definition) is 3. The summed E-state index contributed by atoms with van der Waals surface area (Å²) in [5.41, 5.74) is 3.28. The van der Waals surface area contributed by atoms with Gasteiger partial charge in [-0.3, -0.25) is 14.8 Å². The van der Waals surface area contributed by atoms with Crippen LogP contribution in [0.3, 0.4) is 0 Å². The molecule has 2 aromatic heterocycles. The lowest BCUT2D eigenvalue weighted by Gasteiger charge is -2.05. The van der Waals surface area contributed by atoms with Gasteiger partial charge in [-0.1, -0.05) is 24.3 Å². The highest BCUT2D eigenvalue weighted by atomic mass is 16.1. The molecular formula is C17H14N2O. The summed E-state index contributed by atoms with van der Waals surface area (Å²) in [6.45, 7) is 1.93.